The van der Waals surface area contributed by atoms with E-state index in [0.29, 0.717) is 0 Å². The van der Waals surface area contributed by atoms with Crippen molar-refractivity contribution in [3.63, 3.8) is 0 Å². The zero-order valence-corrected chi connectivity index (χ0v) is 8.77. The largest absolute Gasteiger partial charge is 0.399 e. The fourth-order valence-electron chi connectivity index (χ4n) is 1.37. The number of aryl methyl sites for hydroxylation is 1. The summed E-state index contributed by atoms with van der Waals surface area (Å²) >= 11 is 1.73. The molecule has 0 aliphatic heterocycles. The average molecular weight is 204 g/mol. The van der Waals surface area contributed by atoms with Gasteiger partial charge in [-0.1, -0.05) is 0 Å². The van der Waals surface area contributed by atoms with Crippen LogP contribution in [0.25, 0.3) is 10.4 Å². The number of rotatable bonds is 1. The fourth-order valence-corrected chi connectivity index (χ4v) is 2.27. The number of nitrogen functional groups attached to an aromatic ring is 2. The summed E-state index contributed by atoms with van der Waals surface area (Å²) in [5, 5.41) is 0. The molecule has 0 spiro atoms. The van der Waals surface area contributed by atoms with Gasteiger partial charge in [-0.15, -0.1) is 11.3 Å². The number of hydrogen-bond donors (Lipinski definition) is 2. The first-order valence-corrected chi connectivity index (χ1v) is 5.20. The van der Waals surface area contributed by atoms with E-state index in [0.717, 1.165) is 16.9 Å². The maximum atomic E-state index is 5.88. The minimum absolute atomic E-state index is 0.750. The predicted octanol–water partition coefficient (Wildman–Crippen LogP) is 2.89. The molecule has 0 unspecified atom stereocenters. The van der Waals surface area contributed by atoms with E-state index in [1.807, 2.05) is 18.2 Å². The van der Waals surface area contributed by atoms with E-state index in [9.17, 15) is 0 Å². The second-order valence-corrected chi connectivity index (χ2v) is 4.54. The van der Waals surface area contributed by atoms with Gasteiger partial charge in [-0.25, -0.2) is 0 Å². The van der Waals surface area contributed by atoms with Crippen molar-refractivity contribution in [1.82, 2.24) is 0 Å². The van der Waals surface area contributed by atoms with Gasteiger partial charge in [0.2, 0.25) is 0 Å². The van der Waals surface area contributed by atoms with Crippen LogP contribution in [0.3, 0.4) is 0 Å². The van der Waals surface area contributed by atoms with Crippen LogP contribution in [0.1, 0.15) is 4.88 Å². The molecule has 0 bridgehead atoms. The number of thiophene rings is 1. The summed E-state index contributed by atoms with van der Waals surface area (Å²) in [6.07, 6.45) is 0. The van der Waals surface area contributed by atoms with Gasteiger partial charge in [0, 0.05) is 26.7 Å². The molecule has 2 rings (SSSR count). The van der Waals surface area contributed by atoms with Gasteiger partial charge in [0.25, 0.3) is 0 Å². The van der Waals surface area contributed by atoms with Gasteiger partial charge in [0.05, 0.1) is 0 Å². The van der Waals surface area contributed by atoms with E-state index in [-0.39, 0.29) is 0 Å². The molecular weight excluding hydrogens is 192 g/mol. The number of benzene rings is 1. The highest BCUT2D eigenvalue weighted by atomic mass is 32.1. The standard InChI is InChI=1S/C11H12N2S/c1-7-2-5-11(14-7)9-6-8(12)3-4-10(9)13/h2-6H,12-13H2,1H3. The molecule has 1 aromatic heterocycles. The van der Waals surface area contributed by atoms with E-state index >= 15 is 0 Å². The highest BCUT2D eigenvalue weighted by molar-refractivity contribution is 7.15. The second kappa shape index (κ2) is 3.35. The zero-order valence-electron chi connectivity index (χ0n) is 7.95. The quantitative estimate of drug-likeness (QED) is 0.702. The van der Waals surface area contributed by atoms with Crippen LogP contribution < -0.4 is 11.5 Å². The van der Waals surface area contributed by atoms with Crippen molar-refractivity contribution in [2.24, 2.45) is 0 Å². The normalized spacial score (nSPS) is 10.4. The Hall–Kier alpha value is -1.48. The van der Waals surface area contributed by atoms with Crippen LogP contribution in [0, 0.1) is 6.92 Å². The Morgan fingerprint density at radius 1 is 1.07 bits per heavy atom. The van der Waals surface area contributed by atoms with Crippen molar-refractivity contribution in [2.45, 2.75) is 6.92 Å². The number of nitrogens with two attached hydrogens (primary N) is 2. The first kappa shape index (κ1) is 9.09. The van der Waals surface area contributed by atoms with E-state index in [1.165, 1.54) is 9.75 Å². The Kier molecular flexibility index (Phi) is 2.17. The third-order valence-corrected chi connectivity index (χ3v) is 3.12. The van der Waals surface area contributed by atoms with Crippen molar-refractivity contribution in [3.8, 4) is 10.4 Å². The molecule has 0 aliphatic carbocycles. The maximum Gasteiger partial charge on any atom is 0.0403 e. The molecule has 0 saturated carbocycles. The Morgan fingerprint density at radius 3 is 2.50 bits per heavy atom. The molecular formula is C11H12N2S. The number of anilines is 2. The van der Waals surface area contributed by atoms with Crippen LogP contribution in [-0.4, -0.2) is 0 Å². The molecule has 0 aliphatic rings. The monoisotopic (exact) mass is 204 g/mol. The molecule has 1 heterocycles. The van der Waals surface area contributed by atoms with Crippen molar-refractivity contribution in [3.05, 3.63) is 35.2 Å². The van der Waals surface area contributed by atoms with Crippen molar-refractivity contribution in [1.29, 1.82) is 0 Å². The van der Waals surface area contributed by atoms with Crippen LogP contribution >= 0.6 is 11.3 Å². The first-order valence-electron chi connectivity index (χ1n) is 4.38. The minimum Gasteiger partial charge on any atom is -0.399 e. The molecule has 14 heavy (non-hydrogen) atoms. The van der Waals surface area contributed by atoms with Crippen molar-refractivity contribution in [2.75, 3.05) is 11.5 Å². The van der Waals surface area contributed by atoms with Gasteiger partial charge < -0.3 is 11.5 Å². The van der Waals surface area contributed by atoms with Gasteiger partial charge in [-0.05, 0) is 37.3 Å². The second-order valence-electron chi connectivity index (χ2n) is 3.26. The average Bonchev–Trinajstić information content (AvgIpc) is 2.56. The number of hydrogen-bond acceptors (Lipinski definition) is 3. The summed E-state index contributed by atoms with van der Waals surface area (Å²) < 4.78 is 0. The molecule has 3 heteroatoms. The van der Waals surface area contributed by atoms with Crippen molar-refractivity contribution < 1.29 is 0 Å². The third kappa shape index (κ3) is 1.59. The lowest BCUT2D eigenvalue weighted by atomic mass is 10.1. The molecule has 0 atom stereocenters. The summed E-state index contributed by atoms with van der Waals surface area (Å²) in [7, 11) is 0. The van der Waals surface area contributed by atoms with Gasteiger partial charge in [-0.2, -0.15) is 0 Å². The van der Waals surface area contributed by atoms with E-state index in [4.69, 9.17) is 11.5 Å². The Bertz CT molecular complexity index is 460. The summed E-state index contributed by atoms with van der Waals surface area (Å²) in [6.45, 7) is 2.08. The lowest BCUT2D eigenvalue weighted by Gasteiger charge is -2.03. The Morgan fingerprint density at radius 2 is 1.86 bits per heavy atom. The maximum absolute atomic E-state index is 5.88. The smallest absolute Gasteiger partial charge is 0.0403 e. The Balaban J connectivity index is 2.55. The van der Waals surface area contributed by atoms with Crippen LogP contribution in [0.2, 0.25) is 0 Å². The van der Waals surface area contributed by atoms with Crippen molar-refractivity contribution >= 4 is 22.7 Å². The molecule has 0 saturated heterocycles. The molecule has 2 nitrogen and oxygen atoms in total. The Labute approximate surface area is 87.2 Å². The van der Waals surface area contributed by atoms with Gasteiger partial charge in [0.15, 0.2) is 0 Å². The molecule has 2 aromatic rings. The van der Waals surface area contributed by atoms with Gasteiger partial charge >= 0.3 is 0 Å². The zero-order chi connectivity index (χ0) is 10.1. The predicted molar refractivity (Wildman–Crippen MR) is 63.3 cm³/mol. The van der Waals surface area contributed by atoms with Crippen LogP contribution in [0.15, 0.2) is 30.3 Å². The minimum atomic E-state index is 0.750. The highest BCUT2D eigenvalue weighted by Crippen LogP contribution is 2.33. The SMILES string of the molecule is Cc1ccc(-c2cc(N)ccc2N)s1. The lowest BCUT2D eigenvalue weighted by molar-refractivity contribution is 1.64. The van der Waals surface area contributed by atoms with Gasteiger partial charge in [-0.3, -0.25) is 0 Å². The molecule has 0 radical (unpaired) electrons. The molecule has 1 aromatic carbocycles. The summed E-state index contributed by atoms with van der Waals surface area (Å²) in [5.41, 5.74) is 14.2. The van der Waals surface area contributed by atoms with Crippen LogP contribution in [0.4, 0.5) is 11.4 Å². The fraction of sp³-hybridized carbons (Fsp3) is 0.0909. The van der Waals surface area contributed by atoms with E-state index in [2.05, 4.69) is 19.1 Å². The van der Waals surface area contributed by atoms with Crippen LogP contribution in [-0.2, 0) is 0 Å². The highest BCUT2D eigenvalue weighted by Gasteiger charge is 2.04. The molecule has 72 valence electrons. The first-order chi connectivity index (χ1) is 6.66. The topological polar surface area (TPSA) is 52.0 Å². The summed E-state index contributed by atoms with van der Waals surface area (Å²) in [6, 6.07) is 9.74. The van der Waals surface area contributed by atoms with E-state index in [1.54, 1.807) is 11.3 Å². The molecule has 4 N–H and O–H groups in total. The molecule has 0 amide bonds. The third-order valence-electron chi connectivity index (χ3n) is 2.08. The lowest BCUT2D eigenvalue weighted by Crippen LogP contribution is -1.91. The van der Waals surface area contributed by atoms with Gasteiger partial charge in [0.1, 0.15) is 0 Å². The summed E-state index contributed by atoms with van der Waals surface area (Å²) in [4.78, 5) is 2.45. The summed E-state index contributed by atoms with van der Waals surface area (Å²) in [5.74, 6) is 0. The van der Waals surface area contributed by atoms with E-state index < -0.39 is 0 Å². The molecule has 0 fully saturated rings. The van der Waals surface area contributed by atoms with Crippen LogP contribution in [0.5, 0.6) is 0 Å².